The molecule has 1 atom stereocenters. The minimum atomic E-state index is -4.48. The number of nitrogens with two attached hydrogens (primary N) is 1. The number of carbonyl (C=O) groups excluding carboxylic acids is 1. The van der Waals surface area contributed by atoms with Crippen molar-refractivity contribution in [2.75, 3.05) is 23.3 Å². The van der Waals surface area contributed by atoms with Crippen molar-refractivity contribution in [1.29, 1.82) is 0 Å². The molecule has 3 heterocycles. The molecule has 2 aromatic heterocycles. The van der Waals surface area contributed by atoms with E-state index in [0.717, 1.165) is 47.9 Å². The number of aromatic nitrogens is 4. The molecule has 2 saturated carbocycles. The van der Waals surface area contributed by atoms with E-state index in [1.54, 1.807) is 0 Å². The maximum absolute atomic E-state index is 14.4. The van der Waals surface area contributed by atoms with Gasteiger partial charge < -0.3 is 16.0 Å². The zero-order valence-electron chi connectivity index (χ0n) is 22.0. The first-order chi connectivity index (χ1) is 19.9. The van der Waals surface area contributed by atoms with Gasteiger partial charge in [-0.3, -0.25) is 14.3 Å². The van der Waals surface area contributed by atoms with Crippen LogP contribution in [0.4, 0.5) is 33.3 Å². The molecule has 2 aromatic carbocycles. The molecule has 1 spiro atoms. The van der Waals surface area contributed by atoms with Crippen LogP contribution in [0.2, 0.25) is 0 Å². The molecule has 3 aliphatic rings. The molecule has 1 aliphatic heterocycles. The number of alkyl halides is 3. The van der Waals surface area contributed by atoms with E-state index in [-0.39, 0.29) is 35.7 Å². The van der Waals surface area contributed by atoms with E-state index in [0.29, 0.717) is 34.4 Å². The lowest BCUT2D eigenvalue weighted by molar-refractivity contribution is -0.182. The Labute approximate surface area is 234 Å². The molecule has 2 aliphatic carbocycles. The number of carbonyl (C=O) groups is 1. The first-order valence-electron chi connectivity index (χ1n) is 13.4. The summed E-state index contributed by atoms with van der Waals surface area (Å²) in [7, 11) is 0. The normalized spacial score (nSPS) is 20.3. The Morgan fingerprint density at radius 2 is 1.69 bits per heavy atom. The SMILES string of the molecule is N[C@H]1CN(c2c(NC(=O)c3ccc(=O)n(-c4c(F)cccc4F)n3)ccc3nn(C4(C(F)(F)F)CC4)cc23)CC12CC2. The zero-order valence-corrected chi connectivity index (χ0v) is 22.0. The Kier molecular flexibility index (Phi) is 5.59. The van der Waals surface area contributed by atoms with E-state index in [2.05, 4.69) is 15.5 Å². The number of para-hydroxylation sites is 1. The smallest absolute Gasteiger partial charge is 0.367 e. The van der Waals surface area contributed by atoms with E-state index in [4.69, 9.17) is 5.73 Å². The monoisotopic (exact) mass is 585 g/mol. The van der Waals surface area contributed by atoms with E-state index in [1.165, 1.54) is 18.3 Å². The second kappa shape index (κ2) is 8.84. The number of rotatable bonds is 5. The van der Waals surface area contributed by atoms with Crippen LogP contribution >= 0.6 is 0 Å². The summed E-state index contributed by atoms with van der Waals surface area (Å²) in [6.45, 7) is 0.981. The van der Waals surface area contributed by atoms with Gasteiger partial charge in [-0.25, -0.2) is 8.78 Å². The quantitative estimate of drug-likeness (QED) is 0.342. The number of nitrogens with one attached hydrogen (secondary N) is 1. The number of anilines is 2. The van der Waals surface area contributed by atoms with Crippen molar-refractivity contribution in [3.05, 3.63) is 76.3 Å². The predicted molar refractivity (Wildman–Crippen MR) is 143 cm³/mol. The molecule has 4 aromatic rings. The van der Waals surface area contributed by atoms with Gasteiger partial charge in [0.15, 0.2) is 17.2 Å². The topological polar surface area (TPSA) is 111 Å². The summed E-state index contributed by atoms with van der Waals surface area (Å²) in [6, 6.07) is 8.03. The van der Waals surface area contributed by atoms with Crippen molar-refractivity contribution in [3.63, 3.8) is 0 Å². The molecule has 14 heteroatoms. The molecule has 9 nitrogen and oxygen atoms in total. The van der Waals surface area contributed by atoms with Crippen LogP contribution < -0.4 is 21.5 Å². The molecule has 0 unspecified atom stereocenters. The van der Waals surface area contributed by atoms with Gasteiger partial charge in [-0.05, 0) is 56.0 Å². The van der Waals surface area contributed by atoms with Crippen molar-refractivity contribution in [3.8, 4) is 5.69 Å². The molecule has 1 saturated heterocycles. The Balaban J connectivity index is 1.30. The van der Waals surface area contributed by atoms with Crippen LogP contribution in [0.5, 0.6) is 0 Å². The van der Waals surface area contributed by atoms with Crippen LogP contribution in [0, 0.1) is 17.0 Å². The van der Waals surface area contributed by atoms with E-state index >= 15 is 0 Å². The lowest BCUT2D eigenvalue weighted by Gasteiger charge is -2.23. The Bertz CT molecular complexity index is 1800. The van der Waals surface area contributed by atoms with E-state index < -0.39 is 40.5 Å². The van der Waals surface area contributed by atoms with Crippen LogP contribution in [-0.2, 0) is 5.54 Å². The fraction of sp³-hybridized carbons (Fsp3) is 0.357. The lowest BCUT2D eigenvalue weighted by Crippen LogP contribution is -2.35. The summed E-state index contributed by atoms with van der Waals surface area (Å²) in [5.41, 5.74) is 3.44. The van der Waals surface area contributed by atoms with Gasteiger partial charge in [0.2, 0.25) is 0 Å². The number of nitrogens with zero attached hydrogens (tertiary/aromatic N) is 5. The van der Waals surface area contributed by atoms with Gasteiger partial charge in [0.05, 0.1) is 16.9 Å². The largest absolute Gasteiger partial charge is 0.413 e. The first kappa shape index (κ1) is 26.6. The summed E-state index contributed by atoms with van der Waals surface area (Å²) < 4.78 is 72.0. The molecule has 3 N–H and O–H groups in total. The van der Waals surface area contributed by atoms with Gasteiger partial charge in [0, 0.05) is 42.2 Å². The van der Waals surface area contributed by atoms with Crippen LogP contribution in [-0.4, -0.2) is 50.8 Å². The van der Waals surface area contributed by atoms with Gasteiger partial charge in [-0.2, -0.15) is 28.1 Å². The van der Waals surface area contributed by atoms with Crippen LogP contribution in [0.25, 0.3) is 16.6 Å². The second-order valence-electron chi connectivity index (χ2n) is 11.3. The molecule has 0 radical (unpaired) electrons. The fourth-order valence-corrected chi connectivity index (χ4v) is 5.92. The zero-order chi connectivity index (χ0) is 29.6. The van der Waals surface area contributed by atoms with Crippen molar-refractivity contribution in [2.45, 2.75) is 43.4 Å². The van der Waals surface area contributed by atoms with Crippen LogP contribution in [0.15, 0.2) is 53.5 Å². The summed E-state index contributed by atoms with van der Waals surface area (Å²) in [5, 5.41) is 11.3. The van der Waals surface area contributed by atoms with Crippen LogP contribution in [0.1, 0.15) is 36.2 Å². The minimum absolute atomic E-state index is 0.0783. The number of fused-ring (bicyclic) bond motifs is 1. The Morgan fingerprint density at radius 1 is 0.976 bits per heavy atom. The predicted octanol–water partition coefficient (Wildman–Crippen LogP) is 4.09. The average molecular weight is 586 g/mol. The lowest BCUT2D eigenvalue weighted by atomic mass is 10.0. The summed E-state index contributed by atoms with van der Waals surface area (Å²) >= 11 is 0. The molecular formula is C28H24F5N7O2. The highest BCUT2D eigenvalue weighted by molar-refractivity contribution is 6.08. The molecule has 42 heavy (non-hydrogen) atoms. The highest BCUT2D eigenvalue weighted by Crippen LogP contribution is 2.57. The third-order valence-electron chi connectivity index (χ3n) is 8.70. The molecule has 3 fully saturated rings. The van der Waals surface area contributed by atoms with Crippen LogP contribution in [0.3, 0.4) is 0 Å². The summed E-state index contributed by atoms with van der Waals surface area (Å²) in [5.74, 6) is -2.88. The van der Waals surface area contributed by atoms with Crippen molar-refractivity contribution in [2.24, 2.45) is 11.1 Å². The number of halogens is 5. The maximum Gasteiger partial charge on any atom is 0.413 e. The number of hydrogen-bond donors (Lipinski definition) is 2. The van der Waals surface area contributed by atoms with E-state index in [1.807, 2.05) is 4.90 Å². The van der Waals surface area contributed by atoms with Gasteiger partial charge in [-0.1, -0.05) is 6.07 Å². The molecule has 1 amide bonds. The van der Waals surface area contributed by atoms with E-state index in [9.17, 15) is 31.5 Å². The number of amides is 1. The van der Waals surface area contributed by atoms with Gasteiger partial charge >= 0.3 is 6.18 Å². The van der Waals surface area contributed by atoms with Gasteiger partial charge in [-0.15, -0.1) is 0 Å². The van der Waals surface area contributed by atoms with Crippen molar-refractivity contribution in [1.82, 2.24) is 19.6 Å². The molecule has 0 bridgehead atoms. The fourth-order valence-electron chi connectivity index (χ4n) is 5.92. The highest BCUT2D eigenvalue weighted by atomic mass is 19.4. The average Bonchev–Trinajstić information content (AvgIpc) is 3.83. The Hall–Kier alpha value is -4.33. The first-order valence-corrected chi connectivity index (χ1v) is 13.4. The Morgan fingerprint density at radius 3 is 2.31 bits per heavy atom. The van der Waals surface area contributed by atoms with Crippen molar-refractivity contribution < 1.29 is 26.7 Å². The number of benzene rings is 2. The van der Waals surface area contributed by atoms with Crippen molar-refractivity contribution >= 4 is 28.2 Å². The summed E-state index contributed by atoms with van der Waals surface area (Å²) in [4.78, 5) is 27.8. The third-order valence-corrected chi connectivity index (χ3v) is 8.70. The number of hydrogen-bond acceptors (Lipinski definition) is 6. The van der Waals surface area contributed by atoms with Gasteiger partial charge in [0.1, 0.15) is 11.4 Å². The van der Waals surface area contributed by atoms with Gasteiger partial charge in [0.25, 0.3) is 11.5 Å². The standard InChI is InChI=1S/C28H24F5N7O2/c29-16-2-1-3-17(30)24(16)40-22(41)7-6-20(37-40)25(42)35-19-5-4-18-15(12-39(36-18)27(10-11-27)28(31,32)33)23(19)38-13-21(34)26(14-38)8-9-26/h1-7,12,21H,8-11,13-14,34H2,(H,35,42)/t21-/m0/s1. The third kappa shape index (κ3) is 3.99. The highest BCUT2D eigenvalue weighted by Gasteiger charge is 2.65. The minimum Gasteiger partial charge on any atom is -0.367 e. The summed E-state index contributed by atoms with van der Waals surface area (Å²) in [6.07, 6.45) is -1.42. The molecule has 218 valence electrons. The molecule has 7 rings (SSSR count). The second-order valence-corrected chi connectivity index (χ2v) is 11.3. The maximum atomic E-state index is 14.4. The molecular weight excluding hydrogens is 561 g/mol.